The van der Waals surface area contributed by atoms with Gasteiger partial charge in [-0.3, -0.25) is 10.1 Å². The van der Waals surface area contributed by atoms with E-state index in [1.807, 2.05) is 0 Å². The molecule has 2 amide bonds. The summed E-state index contributed by atoms with van der Waals surface area (Å²) >= 11 is 5.74. The van der Waals surface area contributed by atoms with Crippen molar-refractivity contribution >= 4 is 29.0 Å². The molecule has 1 heterocycles. The summed E-state index contributed by atoms with van der Waals surface area (Å²) < 4.78 is 0. The Morgan fingerprint density at radius 1 is 1.55 bits per heavy atom. The Balaban J connectivity index is 2.15. The van der Waals surface area contributed by atoms with Crippen molar-refractivity contribution in [2.45, 2.75) is 38.3 Å². The van der Waals surface area contributed by atoms with Crippen LogP contribution in [0.5, 0.6) is 0 Å². The SMILES string of the molecule is CC(C)(O)C1CCCN1C(=O)Nc1ccc(Cl)c([N+](=O)[O-])c1. The van der Waals surface area contributed by atoms with E-state index in [0.29, 0.717) is 12.2 Å². The van der Waals surface area contributed by atoms with Crippen LogP contribution in [-0.2, 0) is 0 Å². The van der Waals surface area contributed by atoms with Gasteiger partial charge in [0.1, 0.15) is 5.02 Å². The van der Waals surface area contributed by atoms with Crippen LogP contribution in [0.25, 0.3) is 0 Å². The van der Waals surface area contributed by atoms with Crippen LogP contribution in [0.3, 0.4) is 0 Å². The number of nitro groups is 1. The highest BCUT2D eigenvalue weighted by Gasteiger charge is 2.38. The molecule has 1 unspecified atom stereocenters. The summed E-state index contributed by atoms with van der Waals surface area (Å²) in [4.78, 5) is 24.2. The number of nitro benzene ring substituents is 1. The Bertz CT molecular complexity index is 600. The second kappa shape index (κ2) is 6.10. The number of anilines is 1. The minimum Gasteiger partial charge on any atom is -0.388 e. The van der Waals surface area contributed by atoms with Crippen molar-refractivity contribution < 1.29 is 14.8 Å². The van der Waals surface area contributed by atoms with E-state index in [4.69, 9.17) is 11.6 Å². The first-order chi connectivity index (χ1) is 10.2. The van der Waals surface area contributed by atoms with E-state index in [2.05, 4.69) is 5.32 Å². The molecule has 0 aromatic heterocycles. The van der Waals surface area contributed by atoms with Crippen LogP contribution in [0.1, 0.15) is 26.7 Å². The molecule has 0 spiro atoms. The number of benzene rings is 1. The lowest BCUT2D eigenvalue weighted by Crippen LogP contribution is -2.49. The fourth-order valence-electron chi connectivity index (χ4n) is 2.67. The van der Waals surface area contributed by atoms with Crippen LogP contribution in [0.4, 0.5) is 16.2 Å². The van der Waals surface area contributed by atoms with E-state index in [9.17, 15) is 20.0 Å². The molecular formula is C14H18ClN3O4. The van der Waals surface area contributed by atoms with Gasteiger partial charge >= 0.3 is 6.03 Å². The third-order valence-corrected chi connectivity index (χ3v) is 4.04. The van der Waals surface area contributed by atoms with E-state index >= 15 is 0 Å². The fraction of sp³-hybridized carbons (Fsp3) is 0.500. The molecule has 1 aliphatic rings. The summed E-state index contributed by atoms with van der Waals surface area (Å²) in [6.45, 7) is 3.86. The van der Waals surface area contributed by atoms with Gasteiger partial charge in [-0.25, -0.2) is 4.79 Å². The van der Waals surface area contributed by atoms with Gasteiger partial charge in [0.15, 0.2) is 0 Å². The minimum absolute atomic E-state index is 0.0125. The van der Waals surface area contributed by atoms with Gasteiger partial charge in [-0.2, -0.15) is 0 Å². The minimum atomic E-state index is -1.00. The van der Waals surface area contributed by atoms with E-state index in [1.54, 1.807) is 18.7 Å². The van der Waals surface area contributed by atoms with Gasteiger partial charge in [0.2, 0.25) is 0 Å². The number of halogens is 1. The fourth-order valence-corrected chi connectivity index (χ4v) is 2.86. The Labute approximate surface area is 133 Å². The molecule has 1 atom stereocenters. The largest absolute Gasteiger partial charge is 0.388 e. The molecule has 2 rings (SSSR count). The van der Waals surface area contributed by atoms with E-state index in [-0.39, 0.29) is 22.8 Å². The summed E-state index contributed by atoms with van der Waals surface area (Å²) in [5, 5.41) is 23.6. The average molecular weight is 328 g/mol. The quantitative estimate of drug-likeness (QED) is 0.659. The van der Waals surface area contributed by atoms with Gasteiger partial charge in [0.25, 0.3) is 5.69 Å². The second-order valence-electron chi connectivity index (χ2n) is 5.86. The molecule has 2 N–H and O–H groups in total. The van der Waals surface area contributed by atoms with Crippen LogP contribution < -0.4 is 5.32 Å². The zero-order chi connectivity index (χ0) is 16.5. The molecule has 7 nitrogen and oxygen atoms in total. The van der Waals surface area contributed by atoms with Crippen molar-refractivity contribution in [3.05, 3.63) is 33.3 Å². The van der Waals surface area contributed by atoms with Crippen molar-refractivity contribution in [3.63, 3.8) is 0 Å². The topological polar surface area (TPSA) is 95.7 Å². The van der Waals surface area contributed by atoms with E-state index in [1.165, 1.54) is 18.2 Å². The maximum absolute atomic E-state index is 12.3. The zero-order valence-corrected chi connectivity index (χ0v) is 13.1. The molecular weight excluding hydrogens is 310 g/mol. The van der Waals surface area contributed by atoms with Crippen LogP contribution in [-0.4, -0.2) is 39.1 Å². The number of likely N-dealkylation sites (tertiary alicyclic amines) is 1. The lowest BCUT2D eigenvalue weighted by molar-refractivity contribution is -0.384. The molecule has 0 aliphatic carbocycles. The Morgan fingerprint density at radius 2 is 2.23 bits per heavy atom. The molecule has 0 bridgehead atoms. The highest BCUT2D eigenvalue weighted by atomic mass is 35.5. The summed E-state index contributed by atoms with van der Waals surface area (Å²) in [5.74, 6) is 0. The van der Waals surface area contributed by atoms with Gasteiger partial charge < -0.3 is 15.3 Å². The number of carbonyl (C=O) groups excluding carboxylic acids is 1. The summed E-state index contributed by atoms with van der Waals surface area (Å²) in [6, 6.07) is 3.42. The van der Waals surface area contributed by atoms with Crippen LogP contribution >= 0.6 is 11.6 Å². The van der Waals surface area contributed by atoms with E-state index in [0.717, 1.165) is 12.8 Å². The summed E-state index contributed by atoms with van der Waals surface area (Å²) in [7, 11) is 0. The molecule has 8 heteroatoms. The highest BCUT2D eigenvalue weighted by molar-refractivity contribution is 6.32. The molecule has 1 fully saturated rings. The van der Waals surface area contributed by atoms with Crippen molar-refractivity contribution in [3.8, 4) is 0 Å². The predicted molar refractivity (Wildman–Crippen MR) is 83.2 cm³/mol. The number of rotatable bonds is 3. The second-order valence-corrected chi connectivity index (χ2v) is 6.27. The zero-order valence-electron chi connectivity index (χ0n) is 12.4. The number of nitrogens with zero attached hydrogens (tertiary/aromatic N) is 2. The number of hydrogen-bond acceptors (Lipinski definition) is 4. The molecule has 120 valence electrons. The molecule has 1 aliphatic heterocycles. The first-order valence-electron chi connectivity index (χ1n) is 6.94. The van der Waals surface area contributed by atoms with Gasteiger partial charge in [-0.15, -0.1) is 0 Å². The number of carbonyl (C=O) groups is 1. The number of aliphatic hydroxyl groups is 1. The Morgan fingerprint density at radius 3 is 2.82 bits per heavy atom. The number of amides is 2. The predicted octanol–water partition coefficient (Wildman–Crippen LogP) is 3.02. The Kier molecular flexibility index (Phi) is 4.58. The molecule has 0 radical (unpaired) electrons. The van der Waals surface area contributed by atoms with E-state index < -0.39 is 10.5 Å². The van der Waals surface area contributed by atoms with Gasteiger partial charge in [0, 0.05) is 18.3 Å². The molecule has 1 aromatic carbocycles. The van der Waals surface area contributed by atoms with Crippen LogP contribution in [0.15, 0.2) is 18.2 Å². The van der Waals surface area contributed by atoms with Crippen LogP contribution in [0.2, 0.25) is 5.02 Å². The normalized spacial score (nSPS) is 18.4. The van der Waals surface area contributed by atoms with Crippen molar-refractivity contribution in [1.82, 2.24) is 4.90 Å². The smallest absolute Gasteiger partial charge is 0.322 e. The molecule has 1 aromatic rings. The van der Waals surface area contributed by atoms with Gasteiger partial charge in [-0.1, -0.05) is 11.6 Å². The first-order valence-corrected chi connectivity index (χ1v) is 7.32. The first kappa shape index (κ1) is 16.5. The standard InChI is InChI=1S/C14H18ClN3O4/c1-14(2,20)12-4-3-7-17(12)13(19)16-9-5-6-10(15)11(8-9)18(21)22/h5-6,8,12,20H,3-4,7H2,1-2H3,(H,16,19). The maximum atomic E-state index is 12.3. The maximum Gasteiger partial charge on any atom is 0.322 e. The Hall–Kier alpha value is -1.86. The summed E-state index contributed by atoms with van der Waals surface area (Å²) in [6.07, 6.45) is 1.53. The summed E-state index contributed by atoms with van der Waals surface area (Å²) in [5.41, 5.74) is -0.970. The van der Waals surface area contributed by atoms with Crippen molar-refractivity contribution in [2.75, 3.05) is 11.9 Å². The molecule has 22 heavy (non-hydrogen) atoms. The van der Waals surface area contributed by atoms with Crippen molar-refractivity contribution in [1.29, 1.82) is 0 Å². The van der Waals surface area contributed by atoms with Gasteiger partial charge in [0.05, 0.1) is 16.6 Å². The van der Waals surface area contributed by atoms with Gasteiger partial charge in [-0.05, 0) is 38.8 Å². The lowest BCUT2D eigenvalue weighted by Gasteiger charge is -2.33. The monoisotopic (exact) mass is 327 g/mol. The van der Waals surface area contributed by atoms with Crippen LogP contribution in [0, 0.1) is 10.1 Å². The molecule has 1 saturated heterocycles. The third kappa shape index (κ3) is 3.48. The average Bonchev–Trinajstić information content (AvgIpc) is 2.90. The molecule has 0 saturated carbocycles. The van der Waals surface area contributed by atoms with Crippen molar-refractivity contribution in [2.24, 2.45) is 0 Å². The third-order valence-electron chi connectivity index (χ3n) is 3.72. The highest BCUT2D eigenvalue weighted by Crippen LogP contribution is 2.30. The number of nitrogens with one attached hydrogen (secondary N) is 1. The number of hydrogen-bond donors (Lipinski definition) is 2. The number of urea groups is 1. The lowest BCUT2D eigenvalue weighted by atomic mass is 9.97.